The number of alkyl halides is 3. The van der Waals surface area contributed by atoms with E-state index in [1.54, 1.807) is 18.3 Å². The van der Waals surface area contributed by atoms with Crippen molar-refractivity contribution >= 4 is 0 Å². The highest BCUT2D eigenvalue weighted by Gasteiger charge is 2.31. The molecule has 1 aromatic carbocycles. The second-order valence-corrected chi connectivity index (χ2v) is 7.17. The van der Waals surface area contributed by atoms with Gasteiger partial charge < -0.3 is 9.30 Å². The lowest BCUT2D eigenvalue weighted by Gasteiger charge is -2.27. The average molecular weight is 402 g/mol. The minimum absolute atomic E-state index is 0.238. The van der Waals surface area contributed by atoms with Gasteiger partial charge in [-0.05, 0) is 42.8 Å². The molecule has 0 unspecified atom stereocenters. The van der Waals surface area contributed by atoms with Gasteiger partial charge in [-0.15, -0.1) is 13.2 Å². The smallest absolute Gasteiger partial charge is 0.406 e. The third-order valence-corrected chi connectivity index (χ3v) is 5.19. The van der Waals surface area contributed by atoms with Crippen LogP contribution in [0.5, 0.6) is 5.75 Å². The Morgan fingerprint density at radius 2 is 1.90 bits per heavy atom. The number of halogens is 3. The normalized spacial score (nSPS) is 14.7. The molecule has 5 nitrogen and oxygen atoms in total. The molecule has 0 amide bonds. The van der Waals surface area contributed by atoms with E-state index in [1.807, 2.05) is 24.6 Å². The Balaban J connectivity index is 1.53. The van der Waals surface area contributed by atoms with E-state index in [2.05, 4.69) is 20.7 Å². The molecular weight excluding hydrogens is 381 g/mol. The summed E-state index contributed by atoms with van der Waals surface area (Å²) in [5, 5.41) is 0. The molecule has 0 bridgehead atoms. The number of aromatic nitrogens is 3. The highest BCUT2D eigenvalue weighted by atomic mass is 19.4. The third kappa shape index (κ3) is 4.27. The van der Waals surface area contributed by atoms with Crippen molar-refractivity contribution in [2.24, 2.45) is 7.05 Å². The molecule has 0 atom stereocenters. The highest BCUT2D eigenvalue weighted by Crippen LogP contribution is 2.29. The predicted octanol–water partition coefficient (Wildman–Crippen LogP) is 4.25. The van der Waals surface area contributed by atoms with Gasteiger partial charge in [0.15, 0.2) is 0 Å². The SMILES string of the molecule is Cc1ncccc1CN1CCc2nc(-c3ccc(OC(F)(F)F)cc3)n(C)c2C1. The Morgan fingerprint density at radius 1 is 1.14 bits per heavy atom. The van der Waals surface area contributed by atoms with Crippen molar-refractivity contribution in [1.82, 2.24) is 19.4 Å². The first-order valence-corrected chi connectivity index (χ1v) is 9.33. The van der Waals surface area contributed by atoms with Crippen molar-refractivity contribution in [3.8, 4) is 17.1 Å². The number of fused-ring (bicyclic) bond motifs is 1. The first-order chi connectivity index (χ1) is 13.8. The summed E-state index contributed by atoms with van der Waals surface area (Å²) in [5.74, 6) is 0.506. The maximum atomic E-state index is 12.4. The average Bonchev–Trinajstić information content (AvgIpc) is 2.99. The highest BCUT2D eigenvalue weighted by molar-refractivity contribution is 5.58. The molecule has 0 saturated carbocycles. The van der Waals surface area contributed by atoms with Gasteiger partial charge in [0.1, 0.15) is 11.6 Å². The fraction of sp³-hybridized carbons (Fsp3) is 0.333. The molecule has 1 aliphatic heterocycles. The summed E-state index contributed by atoms with van der Waals surface area (Å²) in [5.41, 5.74) is 5.16. The van der Waals surface area contributed by atoms with Crippen LogP contribution >= 0.6 is 0 Å². The quantitative estimate of drug-likeness (QED) is 0.655. The predicted molar refractivity (Wildman–Crippen MR) is 102 cm³/mol. The first kappa shape index (κ1) is 19.4. The molecule has 0 N–H and O–H groups in total. The van der Waals surface area contributed by atoms with E-state index in [1.165, 1.54) is 17.7 Å². The van der Waals surface area contributed by atoms with Crippen molar-refractivity contribution in [2.45, 2.75) is 32.8 Å². The van der Waals surface area contributed by atoms with Crippen molar-refractivity contribution in [3.63, 3.8) is 0 Å². The molecule has 152 valence electrons. The van der Waals surface area contributed by atoms with Gasteiger partial charge in [0.25, 0.3) is 0 Å². The monoisotopic (exact) mass is 402 g/mol. The van der Waals surface area contributed by atoms with Crippen LogP contribution in [0.3, 0.4) is 0 Å². The summed E-state index contributed by atoms with van der Waals surface area (Å²) in [4.78, 5) is 11.5. The fourth-order valence-electron chi connectivity index (χ4n) is 3.67. The molecule has 0 radical (unpaired) electrons. The third-order valence-electron chi connectivity index (χ3n) is 5.19. The summed E-state index contributed by atoms with van der Waals surface area (Å²) in [6.45, 7) is 4.50. The fourth-order valence-corrected chi connectivity index (χ4v) is 3.67. The molecule has 3 heterocycles. The summed E-state index contributed by atoms with van der Waals surface area (Å²) < 4.78 is 43.0. The number of pyridine rings is 1. The van der Waals surface area contributed by atoms with Crippen LogP contribution in [0.25, 0.3) is 11.4 Å². The maximum Gasteiger partial charge on any atom is 0.573 e. The largest absolute Gasteiger partial charge is 0.573 e. The number of ether oxygens (including phenoxy) is 1. The van der Waals surface area contributed by atoms with Gasteiger partial charge in [-0.3, -0.25) is 9.88 Å². The first-order valence-electron chi connectivity index (χ1n) is 9.33. The molecule has 4 rings (SSSR count). The maximum absolute atomic E-state index is 12.4. The van der Waals surface area contributed by atoms with Gasteiger partial charge in [-0.1, -0.05) is 6.07 Å². The lowest BCUT2D eigenvalue weighted by molar-refractivity contribution is -0.274. The van der Waals surface area contributed by atoms with Crippen molar-refractivity contribution in [3.05, 3.63) is 65.2 Å². The van der Waals surface area contributed by atoms with E-state index in [0.29, 0.717) is 0 Å². The molecular formula is C21H21F3N4O. The molecule has 0 spiro atoms. The number of imidazole rings is 1. The van der Waals surface area contributed by atoms with Crippen LogP contribution in [0.1, 0.15) is 22.6 Å². The van der Waals surface area contributed by atoms with Gasteiger partial charge in [-0.2, -0.15) is 0 Å². The molecule has 0 aliphatic carbocycles. The van der Waals surface area contributed by atoms with E-state index < -0.39 is 6.36 Å². The summed E-state index contributed by atoms with van der Waals surface area (Å²) in [7, 11) is 1.94. The van der Waals surface area contributed by atoms with Crippen LogP contribution in [-0.2, 0) is 26.6 Å². The zero-order chi connectivity index (χ0) is 20.6. The number of hydrogen-bond acceptors (Lipinski definition) is 4. The van der Waals surface area contributed by atoms with E-state index in [9.17, 15) is 13.2 Å². The van der Waals surface area contributed by atoms with E-state index in [0.717, 1.165) is 54.5 Å². The van der Waals surface area contributed by atoms with Gasteiger partial charge in [-0.25, -0.2) is 4.98 Å². The number of aryl methyl sites for hydroxylation is 1. The Bertz CT molecular complexity index is 1010. The topological polar surface area (TPSA) is 43.2 Å². The Morgan fingerprint density at radius 3 is 2.59 bits per heavy atom. The molecule has 29 heavy (non-hydrogen) atoms. The van der Waals surface area contributed by atoms with E-state index in [-0.39, 0.29) is 5.75 Å². The Kier molecular flexibility index (Phi) is 5.04. The van der Waals surface area contributed by atoms with Crippen molar-refractivity contribution in [2.75, 3.05) is 6.54 Å². The zero-order valence-corrected chi connectivity index (χ0v) is 16.2. The lowest BCUT2D eigenvalue weighted by atomic mass is 10.1. The summed E-state index contributed by atoms with van der Waals surface area (Å²) in [6.07, 6.45) is -2.07. The van der Waals surface area contributed by atoms with Gasteiger partial charge in [0, 0.05) is 50.6 Å². The van der Waals surface area contributed by atoms with Gasteiger partial charge in [0.05, 0.1) is 11.4 Å². The van der Waals surface area contributed by atoms with Crippen LogP contribution in [0.2, 0.25) is 0 Å². The number of hydrogen-bond donors (Lipinski definition) is 0. The van der Waals surface area contributed by atoms with Crippen molar-refractivity contribution < 1.29 is 17.9 Å². The lowest BCUT2D eigenvalue weighted by Crippen LogP contribution is -2.31. The molecule has 0 saturated heterocycles. The van der Waals surface area contributed by atoms with Crippen LogP contribution in [-0.4, -0.2) is 32.3 Å². The van der Waals surface area contributed by atoms with Crippen LogP contribution in [0.4, 0.5) is 13.2 Å². The van der Waals surface area contributed by atoms with Crippen LogP contribution in [0, 0.1) is 6.92 Å². The Labute approximate surface area is 166 Å². The second kappa shape index (κ2) is 7.51. The van der Waals surface area contributed by atoms with Gasteiger partial charge >= 0.3 is 6.36 Å². The van der Waals surface area contributed by atoms with Gasteiger partial charge in [0.2, 0.25) is 0 Å². The number of rotatable bonds is 4. The van der Waals surface area contributed by atoms with Crippen LogP contribution in [0.15, 0.2) is 42.6 Å². The van der Waals surface area contributed by atoms with E-state index in [4.69, 9.17) is 4.98 Å². The molecule has 8 heteroatoms. The number of nitrogens with zero attached hydrogens (tertiary/aromatic N) is 4. The summed E-state index contributed by atoms with van der Waals surface area (Å²) in [6, 6.07) is 9.88. The van der Waals surface area contributed by atoms with E-state index >= 15 is 0 Å². The second-order valence-electron chi connectivity index (χ2n) is 7.17. The zero-order valence-electron chi connectivity index (χ0n) is 16.2. The minimum atomic E-state index is -4.69. The molecule has 3 aromatic rings. The molecule has 1 aliphatic rings. The van der Waals surface area contributed by atoms with Crippen molar-refractivity contribution in [1.29, 1.82) is 0 Å². The minimum Gasteiger partial charge on any atom is -0.406 e. The summed E-state index contributed by atoms with van der Waals surface area (Å²) >= 11 is 0. The standard InChI is InChI=1S/C21H21F3N4O/c1-14-16(4-3-10-25-14)12-28-11-9-18-19(13-28)27(2)20(26-18)15-5-7-17(8-6-15)29-21(22,23)24/h3-8,10H,9,11-13H2,1-2H3. The molecule has 2 aromatic heterocycles. The van der Waals surface area contributed by atoms with Crippen LogP contribution < -0.4 is 4.74 Å². The molecule has 0 fully saturated rings. The Hall–Kier alpha value is -2.87. The number of benzene rings is 1.